The monoisotopic (exact) mass is 184 g/mol. The van der Waals surface area contributed by atoms with Gasteiger partial charge in [0.2, 0.25) is 0 Å². The molecule has 0 aliphatic rings. The molecule has 0 radical (unpaired) electrons. The summed E-state index contributed by atoms with van der Waals surface area (Å²) in [6.07, 6.45) is 0. The Kier molecular flexibility index (Phi) is 1.95. The number of aliphatic imine (C=N–C) groups is 1. The van der Waals surface area contributed by atoms with Crippen molar-refractivity contribution in [2.75, 3.05) is 0 Å². The molecule has 3 heteroatoms. The number of rotatable bonds is 1. The van der Waals surface area contributed by atoms with E-state index in [1.54, 1.807) is 6.07 Å². The Labute approximate surface area is 61.8 Å². The van der Waals surface area contributed by atoms with Gasteiger partial charge in [-0.1, -0.05) is 6.07 Å². The van der Waals surface area contributed by atoms with Gasteiger partial charge in [-0.25, -0.2) is 9.98 Å². The van der Waals surface area contributed by atoms with E-state index in [2.05, 4.69) is 32.6 Å². The second-order valence-electron chi connectivity index (χ2n) is 1.48. The zero-order valence-corrected chi connectivity index (χ0v) is 6.30. The molecule has 0 N–H and O–H groups in total. The second kappa shape index (κ2) is 2.73. The molecule has 0 saturated heterocycles. The van der Waals surface area contributed by atoms with Crippen molar-refractivity contribution in [2.45, 2.75) is 0 Å². The van der Waals surface area contributed by atoms with Crippen molar-refractivity contribution in [1.29, 1.82) is 0 Å². The third kappa shape index (κ3) is 1.61. The molecular weight excluding hydrogens is 180 g/mol. The number of aromatic nitrogens is 1. The van der Waals surface area contributed by atoms with E-state index >= 15 is 0 Å². The molecule has 0 saturated carbocycles. The van der Waals surface area contributed by atoms with Crippen LogP contribution in [0.4, 0.5) is 5.82 Å². The average molecular weight is 185 g/mol. The third-order valence-electron chi connectivity index (χ3n) is 0.862. The van der Waals surface area contributed by atoms with Crippen LogP contribution in [0.15, 0.2) is 27.8 Å². The predicted molar refractivity (Wildman–Crippen MR) is 41.1 cm³/mol. The Morgan fingerprint density at radius 1 is 1.56 bits per heavy atom. The van der Waals surface area contributed by atoms with Crippen LogP contribution in [0.2, 0.25) is 0 Å². The van der Waals surface area contributed by atoms with Crippen molar-refractivity contribution in [1.82, 2.24) is 4.98 Å². The molecule has 0 bridgehead atoms. The topological polar surface area (TPSA) is 25.2 Å². The number of hydrogen-bond acceptors (Lipinski definition) is 2. The summed E-state index contributed by atoms with van der Waals surface area (Å²) in [5, 5.41) is 0. The first-order valence-electron chi connectivity index (χ1n) is 2.42. The lowest BCUT2D eigenvalue weighted by atomic mass is 10.5. The molecule has 1 rings (SSSR count). The summed E-state index contributed by atoms with van der Waals surface area (Å²) in [6.45, 7) is 3.34. The van der Waals surface area contributed by atoms with Crippen LogP contribution in [0, 0.1) is 0 Å². The summed E-state index contributed by atoms with van der Waals surface area (Å²) in [6, 6.07) is 5.49. The molecule has 0 aliphatic heterocycles. The van der Waals surface area contributed by atoms with Crippen LogP contribution in [0.25, 0.3) is 0 Å². The van der Waals surface area contributed by atoms with Crippen molar-refractivity contribution in [3.63, 3.8) is 0 Å². The summed E-state index contributed by atoms with van der Waals surface area (Å²) >= 11 is 3.20. The minimum absolute atomic E-state index is 0.643. The summed E-state index contributed by atoms with van der Waals surface area (Å²) in [5.41, 5.74) is 0. The molecule has 0 unspecified atom stereocenters. The van der Waals surface area contributed by atoms with Crippen LogP contribution in [0.5, 0.6) is 0 Å². The van der Waals surface area contributed by atoms with Gasteiger partial charge in [0.1, 0.15) is 4.60 Å². The van der Waals surface area contributed by atoms with Gasteiger partial charge in [0.05, 0.1) is 0 Å². The van der Waals surface area contributed by atoms with Crippen molar-refractivity contribution >= 4 is 28.5 Å². The van der Waals surface area contributed by atoms with E-state index in [1.165, 1.54) is 0 Å². The Morgan fingerprint density at radius 2 is 2.33 bits per heavy atom. The van der Waals surface area contributed by atoms with Gasteiger partial charge < -0.3 is 0 Å². The van der Waals surface area contributed by atoms with Crippen LogP contribution in [0.3, 0.4) is 0 Å². The van der Waals surface area contributed by atoms with E-state index in [9.17, 15) is 0 Å². The highest BCUT2D eigenvalue weighted by Gasteiger charge is 1.87. The number of hydrogen-bond donors (Lipinski definition) is 0. The standard InChI is InChI=1S/C6H5BrN2/c1-8-6-4-2-3-5(7)9-6/h2-4H,1H2. The lowest BCUT2D eigenvalue weighted by molar-refractivity contribution is 1.24. The molecule has 1 heterocycles. The van der Waals surface area contributed by atoms with Crippen molar-refractivity contribution in [3.8, 4) is 0 Å². The second-order valence-corrected chi connectivity index (χ2v) is 2.29. The van der Waals surface area contributed by atoms with Gasteiger partial charge in [0.15, 0.2) is 5.82 Å². The molecule has 1 aromatic heterocycles. The van der Waals surface area contributed by atoms with Crippen LogP contribution in [0.1, 0.15) is 0 Å². The van der Waals surface area contributed by atoms with Gasteiger partial charge >= 0.3 is 0 Å². The molecule has 2 nitrogen and oxygen atoms in total. The lowest BCUT2D eigenvalue weighted by Crippen LogP contribution is -1.72. The quantitative estimate of drug-likeness (QED) is 0.486. The summed E-state index contributed by atoms with van der Waals surface area (Å²) in [4.78, 5) is 7.62. The highest BCUT2D eigenvalue weighted by molar-refractivity contribution is 9.10. The molecule has 9 heavy (non-hydrogen) atoms. The minimum Gasteiger partial charge on any atom is -0.245 e. The summed E-state index contributed by atoms with van der Waals surface area (Å²) in [5.74, 6) is 0.643. The molecule has 0 amide bonds. The molecule has 0 spiro atoms. The molecular formula is C6H5BrN2. The van der Waals surface area contributed by atoms with Crippen LogP contribution >= 0.6 is 15.9 Å². The molecule has 0 aliphatic carbocycles. The maximum Gasteiger partial charge on any atom is 0.152 e. The zero-order chi connectivity index (χ0) is 6.69. The van der Waals surface area contributed by atoms with E-state index in [0.717, 1.165) is 4.60 Å². The van der Waals surface area contributed by atoms with Gasteiger partial charge in [0, 0.05) is 0 Å². The first kappa shape index (κ1) is 6.42. The van der Waals surface area contributed by atoms with Gasteiger partial charge in [-0.05, 0) is 34.8 Å². The molecule has 0 atom stereocenters. The molecule has 1 aromatic rings. The normalized spacial score (nSPS) is 9.00. The SMILES string of the molecule is C=Nc1cccc(Br)n1. The first-order chi connectivity index (χ1) is 4.33. The van der Waals surface area contributed by atoms with Crippen LogP contribution < -0.4 is 0 Å². The fraction of sp³-hybridized carbons (Fsp3) is 0. The highest BCUT2D eigenvalue weighted by atomic mass is 79.9. The van der Waals surface area contributed by atoms with E-state index in [0.29, 0.717) is 5.82 Å². The molecule has 0 fully saturated rings. The number of nitrogens with zero attached hydrogens (tertiary/aromatic N) is 2. The van der Waals surface area contributed by atoms with Crippen LogP contribution in [-0.4, -0.2) is 11.7 Å². The van der Waals surface area contributed by atoms with Gasteiger partial charge in [-0.2, -0.15) is 0 Å². The third-order valence-corrected chi connectivity index (χ3v) is 1.30. The number of halogens is 1. The first-order valence-corrected chi connectivity index (χ1v) is 3.21. The van der Waals surface area contributed by atoms with Crippen molar-refractivity contribution in [3.05, 3.63) is 22.8 Å². The summed E-state index contributed by atoms with van der Waals surface area (Å²) in [7, 11) is 0. The largest absolute Gasteiger partial charge is 0.245 e. The van der Waals surface area contributed by atoms with Gasteiger partial charge in [-0.3, -0.25) is 0 Å². The average Bonchev–Trinajstić information content (AvgIpc) is 1.88. The Balaban J connectivity index is 3.07. The molecule has 0 aromatic carbocycles. The number of pyridine rings is 1. The Morgan fingerprint density at radius 3 is 2.78 bits per heavy atom. The smallest absolute Gasteiger partial charge is 0.152 e. The summed E-state index contributed by atoms with van der Waals surface area (Å²) < 4.78 is 0.785. The highest BCUT2D eigenvalue weighted by Crippen LogP contribution is 2.11. The zero-order valence-electron chi connectivity index (χ0n) is 4.71. The van der Waals surface area contributed by atoms with Gasteiger partial charge in [0.25, 0.3) is 0 Å². The maximum atomic E-state index is 3.98. The van der Waals surface area contributed by atoms with E-state index in [-0.39, 0.29) is 0 Å². The Hall–Kier alpha value is -0.700. The van der Waals surface area contributed by atoms with E-state index in [4.69, 9.17) is 0 Å². The molecule has 46 valence electrons. The van der Waals surface area contributed by atoms with E-state index in [1.807, 2.05) is 12.1 Å². The van der Waals surface area contributed by atoms with Crippen LogP contribution in [-0.2, 0) is 0 Å². The van der Waals surface area contributed by atoms with Gasteiger partial charge in [-0.15, -0.1) is 0 Å². The van der Waals surface area contributed by atoms with Crippen molar-refractivity contribution < 1.29 is 0 Å². The predicted octanol–water partition coefficient (Wildman–Crippen LogP) is 2.18. The Bertz CT molecular complexity index is 222. The fourth-order valence-electron chi connectivity index (χ4n) is 0.486. The lowest BCUT2D eigenvalue weighted by Gasteiger charge is -1.89. The van der Waals surface area contributed by atoms with Crippen molar-refractivity contribution in [2.24, 2.45) is 4.99 Å². The van der Waals surface area contributed by atoms with E-state index < -0.39 is 0 Å². The fourth-order valence-corrected chi connectivity index (χ4v) is 0.820. The minimum atomic E-state index is 0.643. The maximum absolute atomic E-state index is 3.98.